The van der Waals surface area contributed by atoms with Crippen LogP contribution in [0.2, 0.25) is 5.02 Å². The maximum absolute atomic E-state index is 13.0. The molecule has 0 aromatic heterocycles. The fourth-order valence-electron chi connectivity index (χ4n) is 3.36. The summed E-state index contributed by atoms with van der Waals surface area (Å²) in [5.41, 5.74) is 2.76. The van der Waals surface area contributed by atoms with Gasteiger partial charge in [-0.1, -0.05) is 41.9 Å². The van der Waals surface area contributed by atoms with Gasteiger partial charge in [-0.2, -0.15) is 0 Å². The summed E-state index contributed by atoms with van der Waals surface area (Å²) in [7, 11) is -3.70. The summed E-state index contributed by atoms with van der Waals surface area (Å²) in [4.78, 5) is 13.0. The zero-order valence-electron chi connectivity index (χ0n) is 15.3. The van der Waals surface area contributed by atoms with Gasteiger partial charge in [0.1, 0.15) is 0 Å². The van der Waals surface area contributed by atoms with Crippen LogP contribution in [0.5, 0.6) is 0 Å². The van der Waals surface area contributed by atoms with Crippen LogP contribution in [0, 0.1) is 0 Å². The number of anilines is 2. The monoisotopic (exact) mass is 424 g/mol. The number of nitrogens with one attached hydrogen (secondary N) is 1. The molecule has 29 heavy (non-hydrogen) atoms. The number of carbonyl (C=O) groups excluding carboxylic acids is 1. The zero-order chi connectivity index (χ0) is 20.6. The Morgan fingerprint density at radius 3 is 2.59 bits per heavy atom. The van der Waals surface area contributed by atoms with Gasteiger partial charge < -0.3 is 5.32 Å². The van der Waals surface area contributed by atoms with Gasteiger partial charge in [-0.15, -0.1) is 6.58 Å². The molecule has 0 aliphatic carbocycles. The van der Waals surface area contributed by atoms with E-state index in [1.807, 2.05) is 0 Å². The Balaban J connectivity index is 1.80. The van der Waals surface area contributed by atoms with Gasteiger partial charge in [0, 0.05) is 27.4 Å². The third kappa shape index (κ3) is 3.41. The lowest BCUT2D eigenvalue weighted by Gasteiger charge is -2.31. The number of hydrogen-bond donors (Lipinski definition) is 1. The Morgan fingerprint density at radius 1 is 1.03 bits per heavy atom. The Kier molecular flexibility index (Phi) is 4.90. The van der Waals surface area contributed by atoms with Crippen molar-refractivity contribution < 1.29 is 13.2 Å². The van der Waals surface area contributed by atoms with Crippen molar-refractivity contribution in [3.8, 4) is 11.1 Å². The Bertz CT molecular complexity index is 1240. The van der Waals surface area contributed by atoms with Crippen LogP contribution in [0.1, 0.15) is 10.4 Å². The number of rotatable bonds is 4. The lowest BCUT2D eigenvalue weighted by molar-refractivity contribution is 0.102. The normalized spacial score (nSPS) is 13.9. The quantitative estimate of drug-likeness (QED) is 0.602. The number of halogens is 1. The number of hydrogen-bond acceptors (Lipinski definition) is 3. The number of nitrogens with zero attached hydrogens (tertiary/aromatic N) is 1. The Hall–Kier alpha value is -3.09. The predicted octanol–water partition coefficient (Wildman–Crippen LogP) is 4.95. The Morgan fingerprint density at radius 2 is 1.83 bits per heavy atom. The minimum Gasteiger partial charge on any atom is -0.322 e. The molecule has 0 saturated heterocycles. The van der Waals surface area contributed by atoms with E-state index in [2.05, 4.69) is 11.9 Å². The predicted molar refractivity (Wildman–Crippen MR) is 116 cm³/mol. The van der Waals surface area contributed by atoms with E-state index in [4.69, 9.17) is 11.6 Å². The van der Waals surface area contributed by atoms with E-state index in [9.17, 15) is 13.2 Å². The van der Waals surface area contributed by atoms with Crippen molar-refractivity contribution in [1.29, 1.82) is 0 Å². The van der Waals surface area contributed by atoms with Crippen LogP contribution in [0.25, 0.3) is 11.1 Å². The largest absolute Gasteiger partial charge is 0.322 e. The van der Waals surface area contributed by atoms with E-state index in [1.165, 1.54) is 10.4 Å². The molecule has 1 N–H and O–H groups in total. The van der Waals surface area contributed by atoms with Crippen LogP contribution in [0.15, 0.2) is 84.3 Å². The van der Waals surface area contributed by atoms with Crippen molar-refractivity contribution >= 4 is 38.9 Å². The topological polar surface area (TPSA) is 66.5 Å². The maximum atomic E-state index is 13.0. The van der Waals surface area contributed by atoms with Crippen LogP contribution in [0.4, 0.5) is 11.4 Å². The summed E-state index contributed by atoms with van der Waals surface area (Å²) < 4.78 is 27.4. The molecule has 3 aromatic rings. The first-order valence-corrected chi connectivity index (χ1v) is 10.7. The van der Waals surface area contributed by atoms with Crippen molar-refractivity contribution in [3.63, 3.8) is 0 Å². The highest BCUT2D eigenvalue weighted by Crippen LogP contribution is 2.43. The van der Waals surface area contributed by atoms with Crippen molar-refractivity contribution in [2.45, 2.75) is 4.90 Å². The third-order valence-electron chi connectivity index (χ3n) is 4.65. The molecule has 0 radical (unpaired) electrons. The molecule has 7 heteroatoms. The second-order valence-electron chi connectivity index (χ2n) is 6.52. The fourth-order valence-corrected chi connectivity index (χ4v) is 5.21. The highest BCUT2D eigenvalue weighted by Gasteiger charge is 2.34. The minimum absolute atomic E-state index is 0.137. The molecule has 0 atom stereocenters. The summed E-state index contributed by atoms with van der Waals surface area (Å²) >= 11 is 5.98. The van der Waals surface area contributed by atoms with Crippen LogP contribution < -0.4 is 9.62 Å². The Labute approximate surface area is 174 Å². The van der Waals surface area contributed by atoms with Crippen molar-refractivity contribution in [2.24, 2.45) is 0 Å². The summed E-state index contributed by atoms with van der Waals surface area (Å²) in [6, 6.07) is 18.6. The van der Waals surface area contributed by atoms with Crippen molar-refractivity contribution in [1.82, 2.24) is 0 Å². The molecule has 146 valence electrons. The molecule has 1 heterocycles. The SMILES string of the molecule is C=CCN1c2ccc(C(=O)Nc3cccc(Cl)c3)cc2-c2ccccc2S1(=O)=O. The number of amides is 1. The van der Waals surface area contributed by atoms with E-state index in [0.29, 0.717) is 33.1 Å². The first-order chi connectivity index (χ1) is 13.9. The van der Waals surface area contributed by atoms with Crippen LogP contribution in [0.3, 0.4) is 0 Å². The molecule has 0 spiro atoms. The second kappa shape index (κ2) is 7.39. The molecule has 1 amide bonds. The molecule has 1 aliphatic heterocycles. The standard InChI is InChI=1S/C22H17ClN2O3S/c1-2-12-25-20-11-10-15(22(26)24-17-7-5-6-16(23)14-17)13-19(20)18-8-3-4-9-21(18)29(25,27)28/h2-11,13-14H,1,12H2,(H,24,26). The highest BCUT2D eigenvalue weighted by atomic mass is 35.5. The van der Waals surface area contributed by atoms with Crippen LogP contribution in [-0.2, 0) is 10.0 Å². The van der Waals surface area contributed by atoms with Gasteiger partial charge in [0.2, 0.25) is 0 Å². The molecule has 3 aromatic carbocycles. The first-order valence-electron chi connectivity index (χ1n) is 8.86. The smallest absolute Gasteiger partial charge is 0.265 e. The van der Waals surface area contributed by atoms with Crippen LogP contribution in [-0.4, -0.2) is 20.9 Å². The van der Waals surface area contributed by atoms with Crippen LogP contribution >= 0.6 is 11.6 Å². The highest BCUT2D eigenvalue weighted by molar-refractivity contribution is 7.93. The van der Waals surface area contributed by atoms with E-state index < -0.39 is 10.0 Å². The average Bonchev–Trinajstić information content (AvgIpc) is 2.71. The van der Waals surface area contributed by atoms with E-state index in [0.717, 1.165) is 0 Å². The van der Waals surface area contributed by atoms with Crippen molar-refractivity contribution in [3.05, 3.63) is 90.0 Å². The molecular formula is C22H17ClN2O3S. The van der Waals surface area contributed by atoms with Gasteiger partial charge in [-0.3, -0.25) is 9.10 Å². The zero-order valence-corrected chi connectivity index (χ0v) is 16.9. The molecule has 4 rings (SSSR count). The first kappa shape index (κ1) is 19.2. The number of fused-ring (bicyclic) bond motifs is 3. The van der Waals surface area contributed by atoms with Gasteiger partial charge in [-0.05, 0) is 42.5 Å². The fraction of sp³-hybridized carbons (Fsp3) is 0.0455. The van der Waals surface area contributed by atoms with Gasteiger partial charge in [0.05, 0.1) is 17.1 Å². The number of sulfonamides is 1. The van der Waals surface area contributed by atoms with E-state index in [1.54, 1.807) is 66.7 Å². The van der Waals surface area contributed by atoms with Gasteiger partial charge in [-0.25, -0.2) is 8.42 Å². The summed E-state index contributed by atoms with van der Waals surface area (Å²) in [6.07, 6.45) is 1.54. The maximum Gasteiger partial charge on any atom is 0.265 e. The molecule has 0 fully saturated rings. The minimum atomic E-state index is -3.70. The van der Waals surface area contributed by atoms with E-state index >= 15 is 0 Å². The summed E-state index contributed by atoms with van der Waals surface area (Å²) in [5.74, 6) is -0.309. The molecule has 0 unspecified atom stereocenters. The lowest BCUT2D eigenvalue weighted by atomic mass is 10.00. The molecule has 1 aliphatic rings. The molecule has 0 saturated carbocycles. The molecule has 0 bridgehead atoms. The third-order valence-corrected chi connectivity index (χ3v) is 6.72. The number of carbonyl (C=O) groups is 1. The second-order valence-corrected chi connectivity index (χ2v) is 8.78. The van der Waals surface area contributed by atoms with Crippen molar-refractivity contribution in [2.75, 3.05) is 16.2 Å². The average molecular weight is 425 g/mol. The molecular weight excluding hydrogens is 408 g/mol. The lowest BCUT2D eigenvalue weighted by Crippen LogP contribution is -2.34. The van der Waals surface area contributed by atoms with Gasteiger partial charge in [0.25, 0.3) is 15.9 Å². The van der Waals surface area contributed by atoms with Gasteiger partial charge in [0.15, 0.2) is 0 Å². The van der Waals surface area contributed by atoms with E-state index in [-0.39, 0.29) is 17.3 Å². The summed E-state index contributed by atoms with van der Waals surface area (Å²) in [6.45, 7) is 3.80. The molecule has 5 nitrogen and oxygen atoms in total. The number of benzene rings is 3. The summed E-state index contributed by atoms with van der Waals surface area (Å²) in [5, 5.41) is 3.33. The van der Waals surface area contributed by atoms with Gasteiger partial charge >= 0.3 is 0 Å².